The zero-order valence-corrected chi connectivity index (χ0v) is 5.95. The molecule has 0 rings (SSSR count). The van der Waals surface area contributed by atoms with E-state index in [2.05, 4.69) is 6.58 Å². The maximum absolute atomic E-state index is 10.2. The fourth-order valence-electron chi connectivity index (χ4n) is 0.596. The Labute approximate surface area is 61.5 Å². The van der Waals surface area contributed by atoms with Crippen LogP contribution >= 0.6 is 0 Å². The van der Waals surface area contributed by atoms with Crippen molar-refractivity contribution in [1.82, 2.24) is 0 Å². The van der Waals surface area contributed by atoms with Crippen LogP contribution in [0.2, 0.25) is 5.82 Å². The van der Waals surface area contributed by atoms with Crippen molar-refractivity contribution in [3.8, 4) is 0 Å². The molecule has 0 saturated heterocycles. The van der Waals surface area contributed by atoms with Crippen LogP contribution in [0.1, 0.15) is 6.42 Å². The zero-order chi connectivity index (χ0) is 7.82. The Balaban J connectivity index is 3.38. The molecule has 0 aromatic rings. The molecule has 1 unspecified atom stereocenters. The molecule has 10 heavy (non-hydrogen) atoms. The first-order chi connectivity index (χ1) is 4.85. The molecule has 0 saturated carbocycles. The molecule has 0 heterocycles. The summed E-state index contributed by atoms with van der Waals surface area (Å²) in [6, 6.07) is 0. The summed E-state index contributed by atoms with van der Waals surface area (Å²) < 4.78 is 4.84. The Morgan fingerprint density at radius 1 is 1.80 bits per heavy atom. The lowest BCUT2D eigenvalue weighted by molar-refractivity contribution is -0.107. The van der Waals surface area contributed by atoms with Gasteiger partial charge in [-0.3, -0.25) is 0 Å². The van der Waals surface area contributed by atoms with Gasteiger partial charge in [0.2, 0.25) is 0 Å². The first-order valence-corrected chi connectivity index (χ1v) is 3.19. The van der Waals surface area contributed by atoms with Crippen molar-refractivity contribution in [2.45, 2.75) is 12.2 Å². The molecule has 3 nitrogen and oxygen atoms in total. The summed E-state index contributed by atoms with van der Waals surface area (Å²) in [6.45, 7) is 3.68. The second-order valence-electron chi connectivity index (χ2n) is 1.96. The molecule has 2 N–H and O–H groups in total. The van der Waals surface area contributed by atoms with E-state index in [1.54, 1.807) is 6.08 Å². The average molecular weight is 141 g/mol. The van der Waals surface area contributed by atoms with E-state index in [0.29, 0.717) is 13.9 Å². The highest BCUT2D eigenvalue weighted by Crippen LogP contribution is 2.04. The highest BCUT2D eigenvalue weighted by molar-refractivity contribution is 6.35. The van der Waals surface area contributed by atoms with E-state index in [1.807, 2.05) is 0 Å². The van der Waals surface area contributed by atoms with E-state index in [0.717, 1.165) is 6.29 Å². The van der Waals surface area contributed by atoms with Gasteiger partial charge in [-0.1, -0.05) is 6.08 Å². The predicted molar refractivity (Wildman–Crippen MR) is 41.9 cm³/mol. The van der Waals surface area contributed by atoms with Crippen molar-refractivity contribution in [2.24, 2.45) is 5.73 Å². The molecular weight excluding hydrogens is 129 g/mol. The molecule has 0 aromatic heterocycles. The molecule has 0 bridgehead atoms. The van der Waals surface area contributed by atoms with Crippen molar-refractivity contribution in [3.05, 3.63) is 12.7 Å². The second kappa shape index (κ2) is 6.51. The lowest BCUT2D eigenvalue weighted by atomic mass is 9.79. The number of allylic oxidation sites excluding steroid dienone is 1. The highest BCUT2D eigenvalue weighted by atomic mass is 16.4. The quantitative estimate of drug-likeness (QED) is 0.242. The van der Waals surface area contributed by atoms with E-state index in [1.165, 1.54) is 0 Å². The maximum atomic E-state index is 10.2. The zero-order valence-electron chi connectivity index (χ0n) is 5.95. The average Bonchev–Trinajstić information content (AvgIpc) is 1.98. The summed E-state index contributed by atoms with van der Waals surface area (Å²) in [7, 11) is 0.395. The van der Waals surface area contributed by atoms with Crippen molar-refractivity contribution in [2.75, 3.05) is 6.73 Å². The largest absolute Gasteiger partial charge is 0.427 e. The molecule has 0 amide bonds. The van der Waals surface area contributed by atoms with E-state index >= 15 is 0 Å². The fourth-order valence-corrected chi connectivity index (χ4v) is 0.596. The van der Waals surface area contributed by atoms with E-state index in [4.69, 9.17) is 10.4 Å². The first-order valence-electron chi connectivity index (χ1n) is 3.19. The van der Waals surface area contributed by atoms with Crippen LogP contribution in [0.15, 0.2) is 12.7 Å². The van der Waals surface area contributed by atoms with Crippen molar-refractivity contribution in [3.63, 3.8) is 0 Å². The van der Waals surface area contributed by atoms with Crippen LogP contribution in [-0.2, 0) is 9.45 Å². The number of aldehydes is 1. The Kier molecular flexibility index (Phi) is 6.12. The van der Waals surface area contributed by atoms with Crippen LogP contribution in [0, 0.1) is 0 Å². The standard InChI is InChI=1S/C6H12BNO2/c1-2-3-6(4-9)7-10-5-8/h2,4,6-7H,1,3,5,8H2. The summed E-state index contributed by atoms with van der Waals surface area (Å²) in [4.78, 5) is 10.2. The molecule has 0 aliphatic rings. The number of carbonyl (C=O) groups is 1. The van der Waals surface area contributed by atoms with Gasteiger partial charge < -0.3 is 15.2 Å². The van der Waals surface area contributed by atoms with Crippen LogP contribution in [0.4, 0.5) is 0 Å². The SMILES string of the molecule is C=CCC(BOCN)C=O. The van der Waals surface area contributed by atoms with Gasteiger partial charge in [-0.05, 0) is 6.42 Å². The van der Waals surface area contributed by atoms with Crippen LogP contribution in [-0.4, -0.2) is 20.5 Å². The van der Waals surface area contributed by atoms with Gasteiger partial charge in [0, 0.05) is 5.82 Å². The van der Waals surface area contributed by atoms with Crippen molar-refractivity contribution in [1.29, 1.82) is 0 Å². The summed E-state index contributed by atoms with van der Waals surface area (Å²) in [6.07, 6.45) is 3.21. The summed E-state index contributed by atoms with van der Waals surface area (Å²) in [5.41, 5.74) is 5.06. The minimum atomic E-state index is -0.0824. The smallest absolute Gasteiger partial charge is 0.287 e. The highest BCUT2D eigenvalue weighted by Gasteiger charge is 2.06. The Morgan fingerprint density at radius 2 is 2.50 bits per heavy atom. The van der Waals surface area contributed by atoms with E-state index in [9.17, 15) is 4.79 Å². The minimum Gasteiger partial charge on any atom is -0.427 e. The molecule has 0 radical (unpaired) electrons. The third-order valence-electron chi connectivity index (χ3n) is 1.11. The topological polar surface area (TPSA) is 52.3 Å². The minimum absolute atomic E-state index is 0.0824. The van der Waals surface area contributed by atoms with Gasteiger partial charge in [-0.25, -0.2) is 0 Å². The maximum Gasteiger partial charge on any atom is 0.287 e. The fraction of sp³-hybridized carbons (Fsp3) is 0.500. The predicted octanol–water partition coefficient (Wildman–Crippen LogP) is -0.166. The number of hydrogen-bond acceptors (Lipinski definition) is 3. The normalized spacial score (nSPS) is 12.1. The Hall–Kier alpha value is -0.605. The number of hydrogen-bond donors (Lipinski definition) is 1. The molecular formula is C6H12BNO2. The van der Waals surface area contributed by atoms with Gasteiger partial charge in [-0.2, -0.15) is 0 Å². The lowest BCUT2D eigenvalue weighted by Crippen LogP contribution is -2.14. The van der Waals surface area contributed by atoms with Crippen molar-refractivity contribution < 1.29 is 9.45 Å². The van der Waals surface area contributed by atoms with E-state index in [-0.39, 0.29) is 12.5 Å². The van der Waals surface area contributed by atoms with Crippen LogP contribution in [0.3, 0.4) is 0 Å². The molecule has 1 atom stereocenters. The van der Waals surface area contributed by atoms with Crippen LogP contribution in [0.25, 0.3) is 0 Å². The van der Waals surface area contributed by atoms with Crippen LogP contribution < -0.4 is 5.73 Å². The molecule has 0 spiro atoms. The number of nitrogens with two attached hydrogens (primary N) is 1. The second-order valence-corrected chi connectivity index (χ2v) is 1.96. The van der Waals surface area contributed by atoms with Gasteiger partial charge in [0.15, 0.2) is 0 Å². The summed E-state index contributed by atoms with van der Waals surface area (Å²) in [5, 5.41) is 0. The van der Waals surface area contributed by atoms with Crippen LogP contribution in [0.5, 0.6) is 0 Å². The third-order valence-corrected chi connectivity index (χ3v) is 1.11. The first kappa shape index (κ1) is 9.39. The van der Waals surface area contributed by atoms with Crippen molar-refractivity contribution >= 4 is 13.8 Å². The molecule has 56 valence electrons. The van der Waals surface area contributed by atoms with E-state index < -0.39 is 0 Å². The molecule has 0 aliphatic heterocycles. The van der Waals surface area contributed by atoms with Gasteiger partial charge in [0.05, 0.1) is 6.73 Å². The third kappa shape index (κ3) is 4.29. The molecule has 0 fully saturated rings. The molecule has 0 aliphatic carbocycles. The molecule has 0 aromatic carbocycles. The Bertz CT molecular complexity index is 108. The Morgan fingerprint density at radius 3 is 2.90 bits per heavy atom. The lowest BCUT2D eigenvalue weighted by Gasteiger charge is -2.03. The monoisotopic (exact) mass is 141 g/mol. The number of carbonyl (C=O) groups excluding carboxylic acids is 1. The van der Waals surface area contributed by atoms with Gasteiger partial charge in [0.1, 0.15) is 6.29 Å². The van der Waals surface area contributed by atoms with Gasteiger partial charge in [0.25, 0.3) is 7.48 Å². The summed E-state index contributed by atoms with van der Waals surface area (Å²) >= 11 is 0. The summed E-state index contributed by atoms with van der Waals surface area (Å²) in [5.74, 6) is -0.0824. The van der Waals surface area contributed by atoms with Gasteiger partial charge in [-0.15, -0.1) is 6.58 Å². The number of rotatable bonds is 6. The molecule has 4 heteroatoms. The van der Waals surface area contributed by atoms with Gasteiger partial charge >= 0.3 is 0 Å².